The van der Waals surface area contributed by atoms with E-state index in [9.17, 15) is 0 Å². The van der Waals surface area contributed by atoms with E-state index in [4.69, 9.17) is 16.3 Å². The lowest BCUT2D eigenvalue weighted by atomic mass is 10.2. The van der Waals surface area contributed by atoms with Gasteiger partial charge in [-0.15, -0.1) is 11.6 Å². The van der Waals surface area contributed by atoms with Crippen LogP contribution in [0, 0.1) is 0 Å². The third-order valence-electron chi connectivity index (χ3n) is 1.76. The van der Waals surface area contributed by atoms with Crippen LogP contribution < -0.4 is 0 Å². The van der Waals surface area contributed by atoms with Crippen LogP contribution in [0.15, 0.2) is 24.3 Å². The molecule has 0 fully saturated rings. The van der Waals surface area contributed by atoms with Gasteiger partial charge in [-0.3, -0.25) is 0 Å². The molecule has 0 aliphatic rings. The Balaban J connectivity index is 2.49. The molecule has 2 heteroatoms. The Morgan fingerprint density at radius 2 is 1.69 bits per heavy atom. The Bertz CT molecular complexity index is 241. The number of hydrogen-bond donors (Lipinski definition) is 0. The van der Waals surface area contributed by atoms with E-state index in [0.29, 0.717) is 12.5 Å². The first-order valence-electron chi connectivity index (χ1n) is 4.47. The maximum absolute atomic E-state index is 5.68. The molecule has 0 aliphatic carbocycles. The first-order valence-corrected chi connectivity index (χ1v) is 5.01. The minimum atomic E-state index is 0.285. The van der Waals surface area contributed by atoms with E-state index in [1.54, 1.807) is 0 Å². The van der Waals surface area contributed by atoms with Crippen LogP contribution in [0.25, 0.3) is 0 Å². The van der Waals surface area contributed by atoms with E-state index in [0.717, 1.165) is 5.56 Å². The van der Waals surface area contributed by atoms with Crippen molar-refractivity contribution in [1.82, 2.24) is 0 Å². The van der Waals surface area contributed by atoms with Gasteiger partial charge < -0.3 is 4.74 Å². The zero-order valence-electron chi connectivity index (χ0n) is 8.09. The molecular weight excluding hydrogens is 184 g/mol. The van der Waals surface area contributed by atoms with Crippen LogP contribution in [0.2, 0.25) is 0 Å². The highest BCUT2D eigenvalue weighted by molar-refractivity contribution is 6.17. The molecule has 13 heavy (non-hydrogen) atoms. The van der Waals surface area contributed by atoms with Gasteiger partial charge in [-0.2, -0.15) is 0 Å². The molecule has 1 aromatic rings. The fourth-order valence-corrected chi connectivity index (χ4v) is 1.17. The summed E-state index contributed by atoms with van der Waals surface area (Å²) in [6.45, 7) is 4.75. The van der Waals surface area contributed by atoms with Crippen LogP contribution in [0.3, 0.4) is 0 Å². The third-order valence-corrected chi connectivity index (χ3v) is 2.07. The van der Waals surface area contributed by atoms with Crippen molar-refractivity contribution >= 4 is 11.6 Å². The summed E-state index contributed by atoms with van der Waals surface area (Å²) < 4.78 is 5.47. The van der Waals surface area contributed by atoms with Gasteiger partial charge in [-0.05, 0) is 25.0 Å². The second-order valence-electron chi connectivity index (χ2n) is 3.31. The van der Waals surface area contributed by atoms with Gasteiger partial charge in [0.15, 0.2) is 0 Å². The van der Waals surface area contributed by atoms with E-state index in [1.165, 1.54) is 5.56 Å². The van der Waals surface area contributed by atoms with Gasteiger partial charge in [0.1, 0.15) is 0 Å². The van der Waals surface area contributed by atoms with Crippen molar-refractivity contribution in [3.63, 3.8) is 0 Å². The maximum atomic E-state index is 5.68. The van der Waals surface area contributed by atoms with Crippen LogP contribution in [0.4, 0.5) is 0 Å². The summed E-state index contributed by atoms with van der Waals surface area (Å²) in [5, 5.41) is 0. The van der Waals surface area contributed by atoms with E-state index in [-0.39, 0.29) is 6.10 Å². The van der Waals surface area contributed by atoms with Crippen LogP contribution in [-0.4, -0.2) is 6.10 Å². The molecule has 0 N–H and O–H groups in total. The molecular formula is C11H15ClO. The molecule has 0 bridgehead atoms. The summed E-state index contributed by atoms with van der Waals surface area (Å²) in [6.07, 6.45) is 0.285. The second kappa shape index (κ2) is 5.25. The molecule has 0 atom stereocenters. The molecule has 72 valence electrons. The summed E-state index contributed by atoms with van der Waals surface area (Å²) in [7, 11) is 0. The molecule has 0 aliphatic heterocycles. The molecule has 0 saturated heterocycles. The fraction of sp³-hybridized carbons (Fsp3) is 0.455. The first-order chi connectivity index (χ1) is 6.22. The lowest BCUT2D eigenvalue weighted by molar-refractivity contribution is 0.0657. The van der Waals surface area contributed by atoms with Gasteiger partial charge in [-0.1, -0.05) is 24.3 Å². The third kappa shape index (κ3) is 3.79. The minimum absolute atomic E-state index is 0.285. The van der Waals surface area contributed by atoms with Crippen molar-refractivity contribution in [3.8, 4) is 0 Å². The molecule has 1 rings (SSSR count). The summed E-state index contributed by atoms with van der Waals surface area (Å²) in [5.74, 6) is 0.575. The predicted octanol–water partition coefficient (Wildman–Crippen LogP) is 3.35. The van der Waals surface area contributed by atoms with Crippen molar-refractivity contribution in [1.29, 1.82) is 0 Å². The largest absolute Gasteiger partial charge is 0.374 e. The summed E-state index contributed by atoms with van der Waals surface area (Å²) in [4.78, 5) is 0. The molecule has 0 amide bonds. The number of rotatable bonds is 4. The molecule has 1 nitrogen and oxygen atoms in total. The van der Waals surface area contributed by atoms with Gasteiger partial charge in [0.2, 0.25) is 0 Å². The zero-order valence-corrected chi connectivity index (χ0v) is 8.84. The van der Waals surface area contributed by atoms with E-state index >= 15 is 0 Å². The van der Waals surface area contributed by atoms with Gasteiger partial charge in [0.05, 0.1) is 12.7 Å². The van der Waals surface area contributed by atoms with Crippen molar-refractivity contribution in [2.75, 3.05) is 0 Å². The number of halogens is 1. The van der Waals surface area contributed by atoms with Gasteiger partial charge in [0.25, 0.3) is 0 Å². The lowest BCUT2D eigenvalue weighted by Crippen LogP contribution is -2.01. The average Bonchev–Trinajstić information content (AvgIpc) is 2.15. The molecule has 0 radical (unpaired) electrons. The quantitative estimate of drug-likeness (QED) is 0.675. The van der Waals surface area contributed by atoms with Gasteiger partial charge in [0, 0.05) is 5.88 Å². The van der Waals surface area contributed by atoms with Gasteiger partial charge in [-0.25, -0.2) is 0 Å². The highest BCUT2D eigenvalue weighted by Gasteiger charge is 1.96. The summed E-state index contributed by atoms with van der Waals surface area (Å²) in [5.41, 5.74) is 2.34. The Hall–Kier alpha value is -0.530. The number of hydrogen-bond acceptors (Lipinski definition) is 1. The van der Waals surface area contributed by atoms with Crippen molar-refractivity contribution in [2.45, 2.75) is 32.4 Å². The molecule has 0 spiro atoms. The lowest BCUT2D eigenvalue weighted by Gasteiger charge is -2.07. The Morgan fingerprint density at radius 1 is 1.15 bits per heavy atom. The smallest absolute Gasteiger partial charge is 0.0720 e. The number of alkyl halides is 1. The SMILES string of the molecule is CC(C)OCc1ccc(CCl)cc1. The maximum Gasteiger partial charge on any atom is 0.0720 e. The van der Waals surface area contributed by atoms with E-state index < -0.39 is 0 Å². The molecule has 1 aromatic carbocycles. The molecule has 0 unspecified atom stereocenters. The van der Waals surface area contributed by atoms with Crippen molar-refractivity contribution in [2.24, 2.45) is 0 Å². The molecule has 0 aromatic heterocycles. The summed E-state index contributed by atoms with van der Waals surface area (Å²) in [6, 6.07) is 8.18. The van der Waals surface area contributed by atoms with Crippen LogP contribution >= 0.6 is 11.6 Å². The highest BCUT2D eigenvalue weighted by atomic mass is 35.5. The number of ether oxygens (including phenoxy) is 1. The summed E-state index contributed by atoms with van der Waals surface area (Å²) >= 11 is 5.68. The molecule has 0 heterocycles. The predicted molar refractivity (Wildman–Crippen MR) is 55.9 cm³/mol. The Morgan fingerprint density at radius 3 is 2.15 bits per heavy atom. The Kier molecular flexibility index (Phi) is 4.26. The zero-order chi connectivity index (χ0) is 9.68. The van der Waals surface area contributed by atoms with E-state index in [2.05, 4.69) is 12.1 Å². The van der Waals surface area contributed by atoms with Gasteiger partial charge >= 0.3 is 0 Å². The molecule has 0 saturated carbocycles. The first kappa shape index (κ1) is 10.6. The minimum Gasteiger partial charge on any atom is -0.374 e. The fourth-order valence-electron chi connectivity index (χ4n) is 0.987. The topological polar surface area (TPSA) is 9.23 Å². The standard InChI is InChI=1S/C11H15ClO/c1-9(2)13-8-11-5-3-10(7-12)4-6-11/h3-6,9H,7-8H2,1-2H3. The number of benzene rings is 1. The van der Waals surface area contributed by atoms with Crippen molar-refractivity contribution in [3.05, 3.63) is 35.4 Å². The van der Waals surface area contributed by atoms with Crippen molar-refractivity contribution < 1.29 is 4.74 Å². The highest BCUT2D eigenvalue weighted by Crippen LogP contribution is 2.08. The second-order valence-corrected chi connectivity index (χ2v) is 3.58. The average molecular weight is 199 g/mol. The normalized spacial score (nSPS) is 10.8. The van der Waals surface area contributed by atoms with Crippen LogP contribution in [-0.2, 0) is 17.2 Å². The van der Waals surface area contributed by atoms with Crippen LogP contribution in [0.5, 0.6) is 0 Å². The van der Waals surface area contributed by atoms with Crippen LogP contribution in [0.1, 0.15) is 25.0 Å². The Labute approximate surface area is 84.7 Å². The monoisotopic (exact) mass is 198 g/mol. The van der Waals surface area contributed by atoms with E-state index in [1.807, 2.05) is 26.0 Å².